The van der Waals surface area contributed by atoms with E-state index in [0.717, 1.165) is 38.8 Å². The predicted molar refractivity (Wildman–Crippen MR) is 101 cm³/mol. The molecule has 4 rings (SSSR count). The van der Waals surface area contributed by atoms with Crippen molar-refractivity contribution >= 4 is 38.4 Å². The van der Waals surface area contributed by atoms with Gasteiger partial charge in [0.25, 0.3) is 5.91 Å². The molecule has 0 atom stereocenters. The van der Waals surface area contributed by atoms with Gasteiger partial charge < -0.3 is 4.90 Å². The Morgan fingerprint density at radius 3 is 2.71 bits per heavy atom. The van der Waals surface area contributed by atoms with Crippen LogP contribution in [0, 0.1) is 6.92 Å². The van der Waals surface area contributed by atoms with Crippen molar-refractivity contribution in [2.24, 2.45) is 0 Å². The lowest BCUT2D eigenvalue weighted by atomic mass is 9.94. The summed E-state index contributed by atoms with van der Waals surface area (Å²) in [5, 5.41) is 2.21. The molecule has 2 aromatic heterocycles. The van der Waals surface area contributed by atoms with Crippen molar-refractivity contribution in [1.29, 1.82) is 0 Å². The summed E-state index contributed by atoms with van der Waals surface area (Å²) in [4.78, 5) is 21.3. The number of hydrogen-bond acceptors (Lipinski definition) is 3. The van der Waals surface area contributed by atoms with Crippen molar-refractivity contribution < 1.29 is 4.79 Å². The Balaban J connectivity index is 1.68. The Morgan fingerprint density at radius 1 is 1.12 bits per heavy atom. The van der Waals surface area contributed by atoms with Crippen molar-refractivity contribution in [1.82, 2.24) is 9.88 Å². The number of rotatable bonds is 2. The van der Waals surface area contributed by atoms with Crippen LogP contribution in [0.2, 0.25) is 0 Å². The number of nitrogens with zero attached hydrogens (tertiary/aromatic N) is 2. The molecule has 124 valence electrons. The molecule has 24 heavy (non-hydrogen) atoms. The molecule has 4 heteroatoms. The number of aryl methyl sites for hydroxylation is 1. The van der Waals surface area contributed by atoms with Crippen LogP contribution < -0.4 is 0 Å². The average molecular weight is 338 g/mol. The van der Waals surface area contributed by atoms with Crippen LogP contribution in [0.5, 0.6) is 0 Å². The predicted octanol–water partition coefficient (Wildman–Crippen LogP) is 5.16. The lowest BCUT2D eigenvalue weighted by Crippen LogP contribution is -2.37. The van der Waals surface area contributed by atoms with Crippen LogP contribution in [-0.4, -0.2) is 28.9 Å². The highest BCUT2D eigenvalue weighted by Crippen LogP contribution is 2.30. The minimum atomic E-state index is 0.144. The second kappa shape index (κ2) is 6.17. The Bertz CT molecular complexity index is 909. The molecule has 0 radical (unpaired) electrons. The molecule has 0 N–H and O–H groups in total. The first kappa shape index (κ1) is 15.6. The van der Waals surface area contributed by atoms with Crippen molar-refractivity contribution in [3.63, 3.8) is 0 Å². The highest BCUT2D eigenvalue weighted by atomic mass is 32.1. The number of aromatic nitrogens is 1. The lowest BCUT2D eigenvalue weighted by molar-refractivity contribution is 0.0701. The third-order valence-corrected chi connectivity index (χ3v) is 6.14. The average Bonchev–Trinajstić information content (AvgIpc) is 3.02. The van der Waals surface area contributed by atoms with E-state index in [-0.39, 0.29) is 5.91 Å². The summed E-state index contributed by atoms with van der Waals surface area (Å²) < 4.78 is 0. The third kappa shape index (κ3) is 2.80. The lowest BCUT2D eigenvalue weighted by Gasteiger charge is -2.30. The number of thiophene rings is 1. The number of pyridine rings is 1. The molecule has 1 fully saturated rings. The van der Waals surface area contributed by atoms with Gasteiger partial charge in [-0.3, -0.25) is 4.79 Å². The number of carbonyl (C=O) groups is 1. The third-order valence-electron chi connectivity index (χ3n) is 5.11. The molecule has 0 spiro atoms. The molecular formula is C20H22N2OS. The molecule has 1 saturated carbocycles. The molecule has 0 bridgehead atoms. The number of fused-ring (bicyclic) bond motifs is 2. The van der Waals surface area contributed by atoms with E-state index in [4.69, 9.17) is 4.98 Å². The Hall–Kier alpha value is -1.94. The summed E-state index contributed by atoms with van der Waals surface area (Å²) in [6.07, 6.45) is 6.04. The molecule has 0 saturated heterocycles. The van der Waals surface area contributed by atoms with Gasteiger partial charge in [-0.25, -0.2) is 4.98 Å². The number of hydrogen-bond donors (Lipinski definition) is 0. The monoisotopic (exact) mass is 338 g/mol. The zero-order chi connectivity index (χ0) is 16.7. The van der Waals surface area contributed by atoms with Gasteiger partial charge in [0.15, 0.2) is 0 Å². The van der Waals surface area contributed by atoms with Crippen LogP contribution in [0.15, 0.2) is 30.3 Å². The smallest absolute Gasteiger partial charge is 0.264 e. The molecule has 3 aromatic rings. The van der Waals surface area contributed by atoms with Crippen LogP contribution in [0.4, 0.5) is 0 Å². The second-order valence-electron chi connectivity index (χ2n) is 6.90. The maximum atomic E-state index is 12.9. The first-order valence-electron chi connectivity index (χ1n) is 8.70. The first-order valence-corrected chi connectivity index (χ1v) is 9.51. The fraction of sp³-hybridized carbons (Fsp3) is 0.400. The Kier molecular flexibility index (Phi) is 4.01. The highest BCUT2D eigenvalue weighted by molar-refractivity contribution is 7.20. The SMILES string of the molecule is Cc1ccc2nc3sc(C(=O)N(C)C4CCCCC4)cc3cc2c1. The van der Waals surface area contributed by atoms with E-state index in [1.54, 1.807) is 0 Å². The molecule has 1 aliphatic carbocycles. The minimum absolute atomic E-state index is 0.144. The van der Waals surface area contributed by atoms with E-state index in [9.17, 15) is 4.79 Å². The molecule has 1 aliphatic rings. The van der Waals surface area contributed by atoms with Gasteiger partial charge in [0, 0.05) is 23.9 Å². The van der Waals surface area contributed by atoms with E-state index in [1.807, 2.05) is 18.0 Å². The van der Waals surface area contributed by atoms with Crippen molar-refractivity contribution in [3.8, 4) is 0 Å². The van der Waals surface area contributed by atoms with Gasteiger partial charge in [-0.2, -0.15) is 0 Å². The molecule has 0 unspecified atom stereocenters. The topological polar surface area (TPSA) is 33.2 Å². The van der Waals surface area contributed by atoms with Crippen molar-refractivity contribution in [2.45, 2.75) is 45.1 Å². The fourth-order valence-electron chi connectivity index (χ4n) is 3.67. The Labute approximate surface area is 146 Å². The molecular weight excluding hydrogens is 316 g/mol. The fourth-order valence-corrected chi connectivity index (χ4v) is 4.67. The van der Waals surface area contributed by atoms with Gasteiger partial charge in [-0.05, 0) is 44.0 Å². The number of benzene rings is 1. The zero-order valence-corrected chi connectivity index (χ0v) is 15.0. The van der Waals surface area contributed by atoms with Gasteiger partial charge in [0.2, 0.25) is 0 Å². The molecule has 0 aliphatic heterocycles. The molecule has 1 aromatic carbocycles. The van der Waals surface area contributed by atoms with Crippen molar-refractivity contribution in [2.75, 3.05) is 7.05 Å². The van der Waals surface area contributed by atoms with Crippen LogP contribution in [0.1, 0.15) is 47.3 Å². The summed E-state index contributed by atoms with van der Waals surface area (Å²) in [6.45, 7) is 2.09. The van der Waals surface area contributed by atoms with E-state index < -0.39 is 0 Å². The normalized spacial score (nSPS) is 15.9. The van der Waals surface area contributed by atoms with Crippen LogP contribution in [0.25, 0.3) is 21.1 Å². The number of amides is 1. The van der Waals surface area contributed by atoms with Crippen molar-refractivity contribution in [3.05, 3.63) is 40.8 Å². The molecule has 1 amide bonds. The van der Waals surface area contributed by atoms with Crippen LogP contribution >= 0.6 is 11.3 Å². The highest BCUT2D eigenvalue weighted by Gasteiger charge is 2.24. The second-order valence-corrected chi connectivity index (χ2v) is 7.93. The van der Waals surface area contributed by atoms with Gasteiger partial charge >= 0.3 is 0 Å². The first-order chi connectivity index (χ1) is 11.6. The number of carbonyl (C=O) groups excluding carboxylic acids is 1. The van der Waals surface area contributed by atoms with E-state index in [2.05, 4.69) is 31.2 Å². The summed E-state index contributed by atoms with van der Waals surface area (Å²) in [7, 11) is 1.95. The maximum absolute atomic E-state index is 12.9. The zero-order valence-electron chi connectivity index (χ0n) is 14.2. The van der Waals surface area contributed by atoms with Gasteiger partial charge in [-0.1, -0.05) is 30.9 Å². The minimum Gasteiger partial charge on any atom is -0.338 e. The Morgan fingerprint density at radius 2 is 1.92 bits per heavy atom. The summed E-state index contributed by atoms with van der Waals surface area (Å²) in [5.41, 5.74) is 2.22. The quantitative estimate of drug-likeness (QED) is 0.646. The summed E-state index contributed by atoms with van der Waals surface area (Å²) in [5.74, 6) is 0.144. The maximum Gasteiger partial charge on any atom is 0.264 e. The van der Waals surface area contributed by atoms with Gasteiger partial charge in [-0.15, -0.1) is 11.3 Å². The molecule has 2 heterocycles. The molecule has 3 nitrogen and oxygen atoms in total. The van der Waals surface area contributed by atoms with E-state index >= 15 is 0 Å². The van der Waals surface area contributed by atoms with Crippen LogP contribution in [0.3, 0.4) is 0 Å². The summed E-state index contributed by atoms with van der Waals surface area (Å²) in [6, 6.07) is 10.8. The van der Waals surface area contributed by atoms with Crippen LogP contribution in [-0.2, 0) is 0 Å². The largest absolute Gasteiger partial charge is 0.338 e. The van der Waals surface area contributed by atoms with E-state index in [0.29, 0.717) is 6.04 Å². The summed E-state index contributed by atoms with van der Waals surface area (Å²) >= 11 is 1.51. The van der Waals surface area contributed by atoms with Gasteiger partial charge in [0.1, 0.15) is 4.83 Å². The standard InChI is InChI=1S/C20H22N2OS/c1-13-8-9-17-14(10-13)11-15-12-18(24-19(15)21-17)20(23)22(2)16-6-4-3-5-7-16/h8-12,16H,3-7H2,1-2H3. The van der Waals surface area contributed by atoms with E-state index in [1.165, 1.54) is 36.2 Å². The van der Waals surface area contributed by atoms with Gasteiger partial charge in [0.05, 0.1) is 10.4 Å².